The van der Waals surface area contributed by atoms with Crippen molar-refractivity contribution in [1.29, 1.82) is 0 Å². The zero-order valence-electron chi connectivity index (χ0n) is 17.9. The van der Waals surface area contributed by atoms with Crippen molar-refractivity contribution in [3.63, 3.8) is 0 Å². The summed E-state index contributed by atoms with van der Waals surface area (Å²) in [7, 11) is 0. The van der Waals surface area contributed by atoms with Gasteiger partial charge in [0.2, 0.25) is 17.8 Å². The minimum absolute atomic E-state index is 0.112. The highest BCUT2D eigenvalue weighted by molar-refractivity contribution is 8.01. The van der Waals surface area contributed by atoms with E-state index in [1.54, 1.807) is 13.8 Å². The number of thioether (sulfide) groups is 1. The molecule has 180 valence electrons. The minimum atomic E-state index is -1.12. The number of halogens is 2. The summed E-state index contributed by atoms with van der Waals surface area (Å²) in [5.74, 6) is -4.58. The molecule has 0 saturated carbocycles. The summed E-state index contributed by atoms with van der Waals surface area (Å²) >= 11 is 1.28. The summed E-state index contributed by atoms with van der Waals surface area (Å²) in [6, 6.07) is 0.332. The fourth-order valence-corrected chi connectivity index (χ4v) is 5.61. The molecule has 0 aromatic heterocycles. The Balaban J connectivity index is 1.33. The Kier molecular flexibility index (Phi) is 6.02. The average molecular weight is 494 g/mol. The number of nitrogens with one attached hydrogen (secondary N) is 3. The van der Waals surface area contributed by atoms with E-state index in [-0.39, 0.29) is 17.9 Å². The molecule has 0 spiro atoms. The van der Waals surface area contributed by atoms with Crippen LogP contribution >= 0.6 is 11.8 Å². The number of aliphatic imine (C=N–C) groups is 1. The smallest absolute Gasteiger partial charge is 0.327 e. The highest BCUT2D eigenvalue weighted by Gasteiger charge is 2.64. The SMILES string of the molecule is CC1(C)SC2C(NC(=O)CC3N=C(N/N=C/c4c(F)cccc4F)NC3=O)C(=O)N2C1C(=O)O. The van der Waals surface area contributed by atoms with E-state index in [2.05, 4.69) is 26.2 Å². The predicted octanol–water partition coefficient (Wildman–Crippen LogP) is -0.235. The van der Waals surface area contributed by atoms with Crippen molar-refractivity contribution in [2.24, 2.45) is 10.1 Å². The lowest BCUT2D eigenvalue weighted by Gasteiger charge is -2.43. The molecule has 11 nitrogen and oxygen atoms in total. The van der Waals surface area contributed by atoms with Gasteiger partial charge >= 0.3 is 5.97 Å². The monoisotopic (exact) mass is 494 g/mol. The lowest BCUT2D eigenvalue weighted by Crippen LogP contribution is -2.70. The number of guanidine groups is 1. The van der Waals surface area contributed by atoms with Gasteiger partial charge in [0.05, 0.1) is 18.2 Å². The van der Waals surface area contributed by atoms with Gasteiger partial charge in [-0.15, -0.1) is 11.8 Å². The standard InChI is InChI=1S/C20H20F2N6O5S/c1-20(2)14(18(32)33)28-16(31)13(17(28)34-20)25-12(29)6-11-15(30)26-19(24-11)27-23-7-8-9(21)4-3-5-10(8)22/h3-5,7,11,13-14,17H,6H2,1-2H3,(H,25,29)(H,32,33)(H2,24,26,27,30)/b23-7+. The first-order valence-electron chi connectivity index (χ1n) is 10.1. The van der Waals surface area contributed by atoms with Crippen LogP contribution in [-0.2, 0) is 19.2 Å². The first kappa shape index (κ1) is 23.6. The van der Waals surface area contributed by atoms with Gasteiger partial charge in [0.1, 0.15) is 35.1 Å². The molecule has 3 aliphatic rings. The Morgan fingerprint density at radius 3 is 2.65 bits per heavy atom. The van der Waals surface area contributed by atoms with Crippen molar-refractivity contribution in [3.05, 3.63) is 35.4 Å². The van der Waals surface area contributed by atoms with Crippen molar-refractivity contribution in [1.82, 2.24) is 21.0 Å². The summed E-state index contributed by atoms with van der Waals surface area (Å²) in [5.41, 5.74) is 1.96. The van der Waals surface area contributed by atoms with Gasteiger partial charge in [-0.05, 0) is 26.0 Å². The van der Waals surface area contributed by atoms with Gasteiger partial charge in [-0.1, -0.05) is 6.07 Å². The fraction of sp³-hybridized carbons (Fsp3) is 0.400. The van der Waals surface area contributed by atoms with Gasteiger partial charge in [-0.3, -0.25) is 19.7 Å². The van der Waals surface area contributed by atoms with E-state index in [4.69, 9.17) is 0 Å². The van der Waals surface area contributed by atoms with E-state index >= 15 is 0 Å². The van der Waals surface area contributed by atoms with Crippen LogP contribution in [0.3, 0.4) is 0 Å². The van der Waals surface area contributed by atoms with Crippen molar-refractivity contribution in [3.8, 4) is 0 Å². The number of carbonyl (C=O) groups is 4. The number of β-lactam (4-membered cyclic amide) rings is 1. The Bertz CT molecular complexity index is 1120. The van der Waals surface area contributed by atoms with E-state index in [1.165, 1.54) is 22.7 Å². The number of rotatable bonds is 6. The Hall–Kier alpha value is -3.55. The number of nitrogens with zero attached hydrogens (tertiary/aromatic N) is 3. The minimum Gasteiger partial charge on any atom is -0.480 e. The van der Waals surface area contributed by atoms with Gasteiger partial charge in [0, 0.05) is 4.75 Å². The summed E-state index contributed by atoms with van der Waals surface area (Å²) in [6.45, 7) is 3.44. The summed E-state index contributed by atoms with van der Waals surface area (Å²) in [6.07, 6.45) is 0.522. The molecule has 3 amide bonds. The number of aliphatic carboxylic acids is 1. The second-order valence-corrected chi connectivity index (χ2v) is 10.1. The molecule has 1 aromatic carbocycles. The van der Waals surface area contributed by atoms with Crippen LogP contribution in [-0.4, -0.2) is 74.1 Å². The molecule has 34 heavy (non-hydrogen) atoms. The Morgan fingerprint density at radius 2 is 2.00 bits per heavy atom. The maximum Gasteiger partial charge on any atom is 0.327 e. The molecule has 3 heterocycles. The van der Waals surface area contributed by atoms with E-state index < -0.39 is 63.6 Å². The van der Waals surface area contributed by atoms with Gasteiger partial charge in [0.25, 0.3) is 5.91 Å². The van der Waals surface area contributed by atoms with Crippen LogP contribution in [0.2, 0.25) is 0 Å². The lowest BCUT2D eigenvalue weighted by atomic mass is 9.96. The third kappa shape index (κ3) is 4.20. The summed E-state index contributed by atoms with van der Waals surface area (Å²) in [4.78, 5) is 53.8. The van der Waals surface area contributed by atoms with Crippen molar-refractivity contribution in [2.45, 2.75) is 48.5 Å². The number of carboxylic acid groups (broad SMARTS) is 1. The number of benzene rings is 1. The first-order chi connectivity index (χ1) is 16.0. The van der Waals surface area contributed by atoms with Crippen molar-refractivity contribution >= 4 is 47.6 Å². The Labute approximate surface area is 196 Å². The van der Waals surface area contributed by atoms with Crippen LogP contribution in [0.1, 0.15) is 25.8 Å². The fourth-order valence-electron chi connectivity index (χ4n) is 3.99. The third-order valence-electron chi connectivity index (χ3n) is 5.56. The number of hydrogen-bond donors (Lipinski definition) is 4. The average Bonchev–Trinajstić information content (AvgIpc) is 3.22. The van der Waals surface area contributed by atoms with E-state index in [0.717, 1.165) is 18.3 Å². The van der Waals surface area contributed by atoms with Crippen molar-refractivity contribution < 1.29 is 33.1 Å². The van der Waals surface area contributed by atoms with Crippen LogP contribution in [0.4, 0.5) is 8.78 Å². The van der Waals surface area contributed by atoms with E-state index in [0.29, 0.717) is 0 Å². The van der Waals surface area contributed by atoms with Gasteiger partial charge in [-0.25, -0.2) is 24.0 Å². The molecule has 3 aliphatic heterocycles. The molecule has 4 rings (SSSR count). The van der Waals surface area contributed by atoms with Crippen LogP contribution in [0, 0.1) is 11.6 Å². The van der Waals surface area contributed by atoms with Crippen molar-refractivity contribution in [2.75, 3.05) is 0 Å². The number of hydrazone groups is 1. The normalized spacial score (nSPS) is 27.2. The molecular weight excluding hydrogens is 474 g/mol. The van der Waals surface area contributed by atoms with Crippen LogP contribution in [0.25, 0.3) is 0 Å². The molecule has 2 fully saturated rings. The molecule has 0 radical (unpaired) electrons. The predicted molar refractivity (Wildman–Crippen MR) is 117 cm³/mol. The molecule has 2 saturated heterocycles. The summed E-state index contributed by atoms with van der Waals surface area (Å²) in [5, 5.41) is 17.5. The molecular formula is C20H20F2N6O5S. The molecule has 1 aromatic rings. The third-order valence-corrected chi connectivity index (χ3v) is 7.13. The number of hydrogen-bond acceptors (Lipinski definition) is 8. The van der Waals surface area contributed by atoms with Crippen LogP contribution in [0.15, 0.2) is 28.3 Å². The zero-order valence-corrected chi connectivity index (χ0v) is 18.7. The molecule has 4 atom stereocenters. The highest BCUT2D eigenvalue weighted by Crippen LogP contribution is 2.50. The zero-order chi connectivity index (χ0) is 24.8. The molecule has 4 unspecified atom stereocenters. The van der Waals surface area contributed by atoms with Crippen LogP contribution < -0.4 is 16.1 Å². The number of fused-ring (bicyclic) bond motifs is 1. The second kappa shape index (κ2) is 8.66. The number of carboxylic acids is 1. The number of carbonyl (C=O) groups excluding carboxylic acids is 3. The quantitative estimate of drug-likeness (QED) is 0.242. The van der Waals surface area contributed by atoms with Gasteiger partial charge < -0.3 is 15.3 Å². The van der Waals surface area contributed by atoms with Gasteiger partial charge in [-0.2, -0.15) is 5.10 Å². The largest absolute Gasteiger partial charge is 0.480 e. The summed E-state index contributed by atoms with van der Waals surface area (Å²) < 4.78 is 26.5. The molecule has 0 bridgehead atoms. The Morgan fingerprint density at radius 1 is 1.32 bits per heavy atom. The van der Waals surface area contributed by atoms with Crippen LogP contribution in [0.5, 0.6) is 0 Å². The van der Waals surface area contributed by atoms with E-state index in [1.807, 2.05) is 0 Å². The lowest BCUT2D eigenvalue weighted by molar-refractivity contribution is -0.161. The van der Waals surface area contributed by atoms with Gasteiger partial charge in [0.15, 0.2) is 0 Å². The maximum absolute atomic E-state index is 13.6. The topological polar surface area (TPSA) is 153 Å². The first-order valence-corrected chi connectivity index (χ1v) is 11.0. The van der Waals surface area contributed by atoms with E-state index in [9.17, 15) is 33.1 Å². The maximum atomic E-state index is 13.6. The molecule has 0 aliphatic carbocycles. The number of amides is 3. The molecule has 14 heteroatoms. The second-order valence-electron chi connectivity index (χ2n) is 8.34. The highest BCUT2D eigenvalue weighted by atomic mass is 32.2. The molecule has 4 N–H and O–H groups in total.